The Balaban J connectivity index is 1.59. The van der Waals surface area contributed by atoms with E-state index in [1.165, 1.54) is 32.1 Å². The minimum Gasteiger partial charge on any atom is -0.489 e. The van der Waals surface area contributed by atoms with Crippen LogP contribution in [0.2, 0.25) is 0 Å². The fourth-order valence-corrected chi connectivity index (χ4v) is 2.94. The largest absolute Gasteiger partial charge is 0.489 e. The first-order valence-corrected chi connectivity index (χ1v) is 9.54. The van der Waals surface area contributed by atoms with Crippen molar-refractivity contribution in [2.75, 3.05) is 51.0 Å². The predicted molar refractivity (Wildman–Crippen MR) is 99.2 cm³/mol. The van der Waals surface area contributed by atoms with E-state index >= 15 is 0 Å². The molecule has 0 N–H and O–H groups in total. The Bertz CT molecular complexity index is 433. The van der Waals surface area contributed by atoms with Gasteiger partial charge in [-0.3, -0.25) is 0 Å². The van der Waals surface area contributed by atoms with Crippen LogP contribution in [0.4, 0.5) is 5.69 Å². The molecule has 0 aromatic heterocycles. The van der Waals surface area contributed by atoms with Crippen LogP contribution in [0, 0.1) is 0 Å². The number of unbranched alkanes of at least 4 members (excludes halogenated alkanes) is 5. The highest BCUT2D eigenvalue weighted by molar-refractivity contribution is 5.58. The Morgan fingerprint density at radius 1 is 0.917 bits per heavy atom. The molecule has 0 saturated carbocycles. The summed E-state index contributed by atoms with van der Waals surface area (Å²) >= 11 is 0. The number of para-hydroxylation sites is 2. The molecular formula is C20H33NO3. The minimum atomic E-state index is 0.608. The molecule has 0 unspecified atom stereocenters. The Morgan fingerprint density at radius 3 is 2.50 bits per heavy atom. The fraction of sp³-hybridized carbons (Fsp3) is 0.700. The molecule has 2 rings (SSSR count). The summed E-state index contributed by atoms with van der Waals surface area (Å²) in [4.78, 5) is 2.33. The molecule has 136 valence electrons. The van der Waals surface area contributed by atoms with Crippen molar-refractivity contribution in [1.82, 2.24) is 0 Å². The van der Waals surface area contributed by atoms with Crippen molar-refractivity contribution in [3.63, 3.8) is 0 Å². The van der Waals surface area contributed by atoms with Gasteiger partial charge in [0, 0.05) is 19.7 Å². The smallest absolute Gasteiger partial charge is 0.142 e. The zero-order chi connectivity index (χ0) is 16.9. The van der Waals surface area contributed by atoms with Gasteiger partial charge in [0.05, 0.1) is 25.5 Å². The summed E-state index contributed by atoms with van der Waals surface area (Å²) in [5.74, 6) is 0.947. The van der Waals surface area contributed by atoms with Gasteiger partial charge >= 0.3 is 0 Å². The molecule has 0 spiro atoms. The van der Waals surface area contributed by atoms with E-state index in [-0.39, 0.29) is 0 Å². The van der Waals surface area contributed by atoms with Gasteiger partial charge in [-0.2, -0.15) is 0 Å². The Hall–Kier alpha value is -1.26. The molecule has 0 atom stereocenters. The van der Waals surface area contributed by atoms with Crippen LogP contribution < -0.4 is 9.64 Å². The molecular weight excluding hydrogens is 302 g/mol. The molecule has 0 bridgehead atoms. The summed E-state index contributed by atoms with van der Waals surface area (Å²) in [6.07, 6.45) is 7.80. The van der Waals surface area contributed by atoms with Gasteiger partial charge in [0.1, 0.15) is 12.4 Å². The number of anilines is 1. The summed E-state index contributed by atoms with van der Waals surface area (Å²) in [5.41, 5.74) is 1.16. The predicted octanol–water partition coefficient (Wildman–Crippen LogP) is 4.28. The number of nitrogens with zero attached hydrogens (tertiary/aromatic N) is 1. The highest BCUT2D eigenvalue weighted by Gasteiger charge is 2.14. The van der Waals surface area contributed by atoms with Gasteiger partial charge in [-0.15, -0.1) is 0 Å². The van der Waals surface area contributed by atoms with Gasteiger partial charge in [0.2, 0.25) is 0 Å². The lowest BCUT2D eigenvalue weighted by Crippen LogP contribution is -2.36. The third-order valence-corrected chi connectivity index (χ3v) is 4.34. The maximum Gasteiger partial charge on any atom is 0.142 e. The van der Waals surface area contributed by atoms with Crippen molar-refractivity contribution in [2.45, 2.75) is 45.4 Å². The maximum absolute atomic E-state index is 5.94. The number of hydrogen-bond donors (Lipinski definition) is 0. The van der Waals surface area contributed by atoms with Gasteiger partial charge in [-0.05, 0) is 18.6 Å². The normalized spacial score (nSPS) is 14.8. The second kappa shape index (κ2) is 12.2. The minimum absolute atomic E-state index is 0.608. The van der Waals surface area contributed by atoms with E-state index in [9.17, 15) is 0 Å². The van der Waals surface area contributed by atoms with Crippen LogP contribution in [0.25, 0.3) is 0 Å². The Kier molecular flexibility index (Phi) is 9.66. The molecule has 1 heterocycles. The maximum atomic E-state index is 5.94. The summed E-state index contributed by atoms with van der Waals surface area (Å²) in [7, 11) is 0. The fourth-order valence-electron chi connectivity index (χ4n) is 2.94. The van der Waals surface area contributed by atoms with Crippen molar-refractivity contribution >= 4 is 5.69 Å². The standard InChI is InChI=1S/C20H33NO3/c1-2-3-4-5-6-9-14-22-17-18-24-20-11-8-7-10-19(20)21-12-15-23-16-13-21/h7-8,10-11H,2-6,9,12-18H2,1H3. The van der Waals surface area contributed by atoms with Gasteiger partial charge in [-0.25, -0.2) is 0 Å². The zero-order valence-corrected chi connectivity index (χ0v) is 15.2. The SMILES string of the molecule is CCCCCCCCOCCOc1ccccc1N1CCOCC1. The van der Waals surface area contributed by atoms with Gasteiger partial charge in [0.25, 0.3) is 0 Å². The van der Waals surface area contributed by atoms with E-state index in [0.717, 1.165) is 50.8 Å². The monoisotopic (exact) mass is 335 g/mol. The van der Waals surface area contributed by atoms with Crippen molar-refractivity contribution in [1.29, 1.82) is 0 Å². The lowest BCUT2D eigenvalue weighted by Gasteiger charge is -2.30. The summed E-state index contributed by atoms with van der Waals surface area (Å²) < 4.78 is 17.1. The van der Waals surface area contributed by atoms with Gasteiger partial charge in [-0.1, -0.05) is 51.2 Å². The van der Waals surface area contributed by atoms with E-state index in [1.54, 1.807) is 0 Å². The van der Waals surface area contributed by atoms with Crippen LogP contribution in [0.3, 0.4) is 0 Å². The van der Waals surface area contributed by atoms with Crippen molar-refractivity contribution in [3.05, 3.63) is 24.3 Å². The topological polar surface area (TPSA) is 30.9 Å². The number of benzene rings is 1. The lowest BCUT2D eigenvalue weighted by atomic mass is 10.1. The second-order valence-electron chi connectivity index (χ2n) is 6.30. The molecule has 1 aliphatic heterocycles. The van der Waals surface area contributed by atoms with Gasteiger partial charge in [0.15, 0.2) is 0 Å². The first-order chi connectivity index (χ1) is 11.9. The summed E-state index contributed by atoms with van der Waals surface area (Å²) in [6, 6.07) is 8.25. The molecule has 1 aromatic rings. The quantitative estimate of drug-likeness (QED) is 0.534. The highest BCUT2D eigenvalue weighted by atomic mass is 16.5. The number of hydrogen-bond acceptors (Lipinski definition) is 4. The Labute approximate surface area is 147 Å². The van der Waals surface area contributed by atoms with Crippen LogP contribution in [0.1, 0.15) is 45.4 Å². The zero-order valence-electron chi connectivity index (χ0n) is 15.2. The van der Waals surface area contributed by atoms with Crippen LogP contribution in [-0.2, 0) is 9.47 Å². The summed E-state index contributed by atoms with van der Waals surface area (Å²) in [5, 5.41) is 0. The van der Waals surface area contributed by atoms with E-state index < -0.39 is 0 Å². The van der Waals surface area contributed by atoms with E-state index in [4.69, 9.17) is 14.2 Å². The summed E-state index contributed by atoms with van der Waals surface area (Å²) in [6.45, 7) is 7.79. The first kappa shape index (κ1) is 19.1. The Morgan fingerprint density at radius 2 is 1.67 bits per heavy atom. The van der Waals surface area contributed by atoms with E-state index in [2.05, 4.69) is 24.0 Å². The van der Waals surface area contributed by atoms with Crippen molar-refractivity contribution < 1.29 is 14.2 Å². The van der Waals surface area contributed by atoms with Crippen LogP contribution >= 0.6 is 0 Å². The van der Waals surface area contributed by atoms with Gasteiger partial charge < -0.3 is 19.1 Å². The molecule has 4 nitrogen and oxygen atoms in total. The van der Waals surface area contributed by atoms with Crippen LogP contribution in [-0.4, -0.2) is 46.1 Å². The number of morpholine rings is 1. The number of ether oxygens (including phenoxy) is 3. The molecule has 1 fully saturated rings. The molecule has 1 aliphatic rings. The number of rotatable bonds is 12. The average molecular weight is 335 g/mol. The average Bonchev–Trinajstić information content (AvgIpc) is 2.64. The highest BCUT2D eigenvalue weighted by Crippen LogP contribution is 2.28. The van der Waals surface area contributed by atoms with Crippen LogP contribution in [0.15, 0.2) is 24.3 Å². The molecule has 4 heteroatoms. The third-order valence-electron chi connectivity index (χ3n) is 4.34. The lowest BCUT2D eigenvalue weighted by molar-refractivity contribution is 0.0967. The van der Waals surface area contributed by atoms with Crippen molar-refractivity contribution in [3.8, 4) is 5.75 Å². The molecule has 0 amide bonds. The molecule has 1 saturated heterocycles. The van der Waals surface area contributed by atoms with Crippen LogP contribution in [0.5, 0.6) is 5.75 Å². The molecule has 0 radical (unpaired) electrons. The molecule has 24 heavy (non-hydrogen) atoms. The first-order valence-electron chi connectivity index (χ1n) is 9.54. The second-order valence-corrected chi connectivity index (χ2v) is 6.30. The molecule has 0 aliphatic carbocycles. The van der Waals surface area contributed by atoms with Crippen molar-refractivity contribution in [2.24, 2.45) is 0 Å². The van der Waals surface area contributed by atoms with E-state index in [0.29, 0.717) is 13.2 Å². The van der Waals surface area contributed by atoms with E-state index in [1.807, 2.05) is 12.1 Å². The third kappa shape index (κ3) is 7.10. The molecule has 1 aromatic carbocycles.